The molecule has 1 rings (SSSR count). The minimum absolute atomic E-state index is 0.0231. The van der Waals surface area contributed by atoms with Crippen LogP contribution in [0, 0.1) is 0 Å². The molecule has 0 bridgehead atoms. The number of rotatable bonds is 1. The zero-order valence-corrected chi connectivity index (χ0v) is 7.15. The lowest BCUT2D eigenvalue weighted by molar-refractivity contribution is -0.137. The van der Waals surface area contributed by atoms with Gasteiger partial charge in [0, 0.05) is 5.69 Å². The van der Waals surface area contributed by atoms with Crippen molar-refractivity contribution < 1.29 is 26.1 Å². The molecule has 0 atom stereocenters. The van der Waals surface area contributed by atoms with Crippen LogP contribution < -0.4 is 11.2 Å². The van der Waals surface area contributed by atoms with Crippen LogP contribution in [-0.4, -0.2) is 6.98 Å². The first-order valence-electron chi connectivity index (χ1n) is 3.79. The van der Waals surface area contributed by atoms with Crippen molar-refractivity contribution in [2.24, 2.45) is 0 Å². The number of nitrogens with two attached hydrogens (primary N) is 1. The van der Waals surface area contributed by atoms with Crippen LogP contribution in [0.2, 0.25) is 0 Å². The highest BCUT2D eigenvalue weighted by atomic mass is 19.4. The van der Waals surface area contributed by atoms with E-state index in [1.54, 1.807) is 0 Å². The van der Waals surface area contributed by atoms with Gasteiger partial charge in [0.25, 0.3) is 0 Å². The summed E-state index contributed by atoms with van der Waals surface area (Å²) < 4.78 is 73.0. The average Bonchev–Trinajstić information content (AvgIpc) is 2.00. The Morgan fingerprint density at radius 2 is 1.60 bits per heavy atom. The maximum Gasteiger partial charge on any atom is 0.511 e. The molecule has 0 amide bonds. The fourth-order valence-electron chi connectivity index (χ4n) is 1.03. The van der Waals surface area contributed by atoms with Crippen LogP contribution in [0.4, 0.5) is 31.8 Å². The first-order chi connectivity index (χ1) is 6.62. The van der Waals surface area contributed by atoms with E-state index in [0.717, 1.165) is 0 Å². The van der Waals surface area contributed by atoms with Gasteiger partial charge in [-0.05, 0) is 12.1 Å². The van der Waals surface area contributed by atoms with Gasteiger partial charge in [0.2, 0.25) is 0 Å². The third-order valence-electron chi connectivity index (χ3n) is 1.77. The predicted octanol–water partition coefficient (Wildman–Crippen LogP) is 2.34. The largest absolute Gasteiger partial charge is 0.511 e. The molecule has 0 saturated carbocycles. The summed E-state index contributed by atoms with van der Waals surface area (Å²) in [7, 11) is 0. The molecule has 84 valence electrons. The quantitative estimate of drug-likeness (QED) is 0.445. The van der Waals surface area contributed by atoms with E-state index in [2.05, 4.69) is 0 Å². The fraction of sp³-hybridized carbons (Fsp3) is 0.143. The van der Waals surface area contributed by atoms with Crippen molar-refractivity contribution in [2.75, 3.05) is 5.73 Å². The number of benzene rings is 1. The zero-order chi connectivity index (χ0) is 11.9. The number of anilines is 1. The zero-order valence-electron chi connectivity index (χ0n) is 7.15. The highest BCUT2D eigenvalue weighted by Gasteiger charge is 2.34. The van der Waals surface area contributed by atoms with E-state index < -0.39 is 29.9 Å². The highest BCUT2D eigenvalue weighted by Crippen LogP contribution is 2.30. The molecule has 0 aliphatic heterocycles. The van der Waals surface area contributed by atoms with Crippen LogP contribution in [0.1, 0.15) is 5.56 Å². The molecule has 0 spiro atoms. The van der Waals surface area contributed by atoms with Gasteiger partial charge in [0.15, 0.2) is 0 Å². The fourth-order valence-corrected chi connectivity index (χ4v) is 1.03. The number of hydrogen-bond donors (Lipinski definition) is 1. The summed E-state index contributed by atoms with van der Waals surface area (Å²) in [4.78, 5) is 0. The molecule has 15 heavy (non-hydrogen) atoms. The molecule has 1 nitrogen and oxygen atoms in total. The second-order valence-electron chi connectivity index (χ2n) is 2.92. The van der Waals surface area contributed by atoms with Gasteiger partial charge in [-0.25, -0.2) is 0 Å². The smallest absolute Gasteiger partial charge is 0.445 e. The molecule has 1 aromatic rings. The van der Waals surface area contributed by atoms with Gasteiger partial charge < -0.3 is 18.7 Å². The van der Waals surface area contributed by atoms with Gasteiger partial charge in [-0.2, -0.15) is 13.2 Å². The Morgan fingerprint density at radius 1 is 1.07 bits per heavy atom. The lowest BCUT2D eigenvalue weighted by Gasteiger charge is -2.19. The van der Waals surface area contributed by atoms with E-state index in [1.165, 1.54) is 0 Å². The lowest BCUT2D eigenvalue weighted by Crippen LogP contribution is -2.37. The SMILES string of the molecule is Nc1ccc(C(F)(F)F)cc1[B-](F)(F)F. The second-order valence-corrected chi connectivity index (χ2v) is 2.92. The Balaban J connectivity index is 3.30. The molecule has 0 radical (unpaired) electrons. The van der Waals surface area contributed by atoms with Gasteiger partial charge in [-0.15, -0.1) is 0 Å². The normalized spacial score (nSPS) is 12.9. The Kier molecular flexibility index (Phi) is 2.63. The maximum atomic E-state index is 12.2. The van der Waals surface area contributed by atoms with E-state index in [9.17, 15) is 26.1 Å². The van der Waals surface area contributed by atoms with Crippen molar-refractivity contribution in [3.05, 3.63) is 23.8 Å². The first-order valence-corrected chi connectivity index (χ1v) is 3.79. The lowest BCUT2D eigenvalue weighted by atomic mass is 9.78. The van der Waals surface area contributed by atoms with Gasteiger partial charge in [-0.3, -0.25) is 0 Å². The average molecular weight is 228 g/mol. The number of alkyl halides is 3. The third kappa shape index (κ3) is 2.57. The third-order valence-corrected chi connectivity index (χ3v) is 1.77. The van der Waals surface area contributed by atoms with E-state index in [1.807, 2.05) is 0 Å². The van der Waals surface area contributed by atoms with E-state index in [-0.39, 0.29) is 6.07 Å². The second kappa shape index (κ2) is 3.35. The Morgan fingerprint density at radius 3 is 2.00 bits per heavy atom. The summed E-state index contributed by atoms with van der Waals surface area (Å²) in [6.07, 6.45) is -4.80. The number of nitrogen functional groups attached to an aromatic ring is 1. The summed E-state index contributed by atoms with van der Waals surface area (Å²) in [5.41, 5.74) is 1.48. The van der Waals surface area contributed by atoms with Gasteiger partial charge >= 0.3 is 13.2 Å². The monoisotopic (exact) mass is 228 g/mol. The van der Waals surface area contributed by atoms with Crippen molar-refractivity contribution in [2.45, 2.75) is 6.18 Å². The molecule has 0 aliphatic rings. The molecule has 0 heterocycles. The van der Waals surface area contributed by atoms with E-state index >= 15 is 0 Å². The minimum atomic E-state index is -5.53. The van der Waals surface area contributed by atoms with E-state index in [4.69, 9.17) is 5.73 Å². The molecule has 0 aromatic heterocycles. The van der Waals surface area contributed by atoms with Gasteiger partial charge in [0.1, 0.15) is 0 Å². The van der Waals surface area contributed by atoms with Crippen LogP contribution in [0.5, 0.6) is 0 Å². The first kappa shape index (κ1) is 11.7. The Hall–Kier alpha value is -1.34. The summed E-state index contributed by atoms with van der Waals surface area (Å²) >= 11 is 0. The van der Waals surface area contributed by atoms with Gasteiger partial charge in [-0.1, -0.05) is 11.5 Å². The van der Waals surface area contributed by atoms with Crippen molar-refractivity contribution in [1.82, 2.24) is 0 Å². The summed E-state index contributed by atoms with van der Waals surface area (Å²) in [6, 6.07) is 1.14. The van der Waals surface area contributed by atoms with Crippen LogP contribution in [0.15, 0.2) is 18.2 Å². The number of halogens is 6. The van der Waals surface area contributed by atoms with Crippen molar-refractivity contribution in [3.8, 4) is 0 Å². The minimum Gasteiger partial charge on any atom is -0.445 e. The molecule has 0 unspecified atom stereocenters. The highest BCUT2D eigenvalue weighted by molar-refractivity contribution is 6.75. The summed E-state index contributed by atoms with van der Waals surface area (Å²) in [5, 5.41) is 0. The molecule has 8 heteroatoms. The maximum absolute atomic E-state index is 12.2. The number of hydrogen-bond acceptors (Lipinski definition) is 1. The topological polar surface area (TPSA) is 26.0 Å². The molecule has 0 saturated heterocycles. The van der Waals surface area contributed by atoms with Crippen LogP contribution in [0.25, 0.3) is 0 Å². The molecule has 0 aliphatic carbocycles. The molecular weight excluding hydrogens is 223 g/mol. The standard InChI is InChI=1S/C7H5BF6N/c9-7(10,11)4-1-2-6(15)5(3-4)8(12,13)14/h1-3H,15H2/q-1. The van der Waals surface area contributed by atoms with Crippen molar-refractivity contribution in [1.29, 1.82) is 0 Å². The van der Waals surface area contributed by atoms with Gasteiger partial charge in [0.05, 0.1) is 5.56 Å². The molecule has 0 fully saturated rings. The van der Waals surface area contributed by atoms with Crippen molar-refractivity contribution >= 4 is 18.1 Å². The molecular formula is C7H5BF6N-. The molecule has 2 N–H and O–H groups in total. The molecule has 1 aromatic carbocycles. The van der Waals surface area contributed by atoms with Crippen LogP contribution >= 0.6 is 0 Å². The van der Waals surface area contributed by atoms with Crippen LogP contribution in [0.3, 0.4) is 0 Å². The van der Waals surface area contributed by atoms with Crippen molar-refractivity contribution in [3.63, 3.8) is 0 Å². The summed E-state index contributed by atoms with van der Waals surface area (Å²) in [6.45, 7) is -5.53. The Labute approximate surface area is 80.9 Å². The van der Waals surface area contributed by atoms with Crippen LogP contribution in [-0.2, 0) is 6.18 Å². The predicted molar refractivity (Wildman–Crippen MR) is 44.6 cm³/mol. The Bertz CT molecular complexity index is 369. The summed E-state index contributed by atoms with van der Waals surface area (Å²) in [5.74, 6) is 0. The van der Waals surface area contributed by atoms with E-state index in [0.29, 0.717) is 12.1 Å².